The van der Waals surface area contributed by atoms with E-state index in [9.17, 15) is 39.3 Å². The molecule has 13 nitrogen and oxygen atoms in total. The highest BCUT2D eigenvalue weighted by molar-refractivity contribution is 7.99. The van der Waals surface area contributed by atoms with Gasteiger partial charge in [-0.05, 0) is 80.5 Å². The predicted octanol–water partition coefficient (Wildman–Crippen LogP) is 1.60. The van der Waals surface area contributed by atoms with Gasteiger partial charge in [0.15, 0.2) is 6.29 Å². The molecule has 0 spiro atoms. The summed E-state index contributed by atoms with van der Waals surface area (Å²) in [5.74, 6) is -1.03. The molecule has 2 aliphatic rings. The minimum Gasteiger partial charge on any atom is -0.480 e. The number of aliphatic hydroxyl groups is 2. The van der Waals surface area contributed by atoms with Gasteiger partial charge in [0.2, 0.25) is 23.6 Å². The Morgan fingerprint density at radius 1 is 0.882 bits per heavy atom. The van der Waals surface area contributed by atoms with E-state index in [4.69, 9.17) is 5.73 Å². The lowest BCUT2D eigenvalue weighted by Crippen LogP contribution is -2.57. The number of hydrogen-bond donors (Lipinski definition) is 8. The van der Waals surface area contributed by atoms with Crippen molar-refractivity contribution in [2.45, 2.75) is 100 Å². The van der Waals surface area contributed by atoms with Crippen LogP contribution in [0.4, 0.5) is 0 Å². The fourth-order valence-electron chi connectivity index (χ4n) is 5.96. The topological polar surface area (TPSA) is 211 Å². The van der Waals surface area contributed by atoms with Crippen molar-refractivity contribution in [2.75, 3.05) is 18.1 Å². The number of carbonyl (C=O) groups is 5. The highest BCUT2D eigenvalue weighted by Crippen LogP contribution is 2.34. The summed E-state index contributed by atoms with van der Waals surface area (Å²) < 4.78 is 0. The number of carboxylic acid groups (broad SMARTS) is 1. The Balaban J connectivity index is 0.000000275. The smallest absolute Gasteiger partial charge is 0.326 e. The number of amides is 4. The lowest BCUT2D eigenvalue weighted by atomic mass is 10.00. The maximum atomic E-state index is 12.9. The largest absolute Gasteiger partial charge is 0.480 e. The third-order valence-corrected chi connectivity index (χ3v) is 10.2. The van der Waals surface area contributed by atoms with E-state index in [2.05, 4.69) is 28.6 Å². The normalized spacial score (nSPS) is 19.7. The van der Waals surface area contributed by atoms with E-state index in [1.54, 1.807) is 11.8 Å². The second kappa shape index (κ2) is 22.3. The number of hydrogen-bond acceptors (Lipinski definition) is 10. The molecule has 0 saturated carbocycles. The molecular weight excluding hydrogens is 695 g/mol. The fourth-order valence-corrected chi connectivity index (χ4v) is 7.61. The van der Waals surface area contributed by atoms with Crippen molar-refractivity contribution in [3.05, 3.63) is 71.8 Å². The van der Waals surface area contributed by atoms with Gasteiger partial charge in [0.25, 0.3) is 0 Å². The Labute approximate surface area is 308 Å². The van der Waals surface area contributed by atoms with Crippen LogP contribution in [0.5, 0.6) is 0 Å². The molecule has 0 bridgehead atoms. The third-order valence-electron chi connectivity index (χ3n) is 8.61. The summed E-state index contributed by atoms with van der Waals surface area (Å²) >= 11 is 5.75. The number of thiol groups is 1. The van der Waals surface area contributed by atoms with Gasteiger partial charge in [-0.2, -0.15) is 12.6 Å². The van der Waals surface area contributed by atoms with Crippen LogP contribution < -0.4 is 21.7 Å². The SMILES string of the molecule is NCCCCC(NC(=O)C(CCS)NC(=O)Cc1ccccc1)C(O)O.O=C(Cc1ccccc1)NC1CCSC2CCCC(C(=O)O)N2C1=O. The Kier molecular flexibility index (Phi) is 18.3. The van der Waals surface area contributed by atoms with E-state index in [1.807, 2.05) is 60.7 Å². The number of carbonyl (C=O) groups excluding carboxylic acids is 4. The molecule has 2 aromatic carbocycles. The van der Waals surface area contributed by atoms with E-state index < -0.39 is 42.3 Å². The average molecular weight is 746 g/mol. The quantitative estimate of drug-likeness (QED) is 0.0707. The minimum atomic E-state index is -1.67. The first kappa shape index (κ1) is 41.8. The van der Waals surface area contributed by atoms with Gasteiger partial charge in [-0.3, -0.25) is 19.2 Å². The van der Waals surface area contributed by atoms with Gasteiger partial charge in [0.1, 0.15) is 18.1 Å². The van der Waals surface area contributed by atoms with Gasteiger partial charge in [-0.25, -0.2) is 4.79 Å². The van der Waals surface area contributed by atoms with E-state index in [1.165, 1.54) is 4.90 Å². The second-order valence-electron chi connectivity index (χ2n) is 12.5. The zero-order valence-electron chi connectivity index (χ0n) is 28.7. The molecular formula is C36H51N5O8S2. The van der Waals surface area contributed by atoms with Gasteiger partial charge in [0, 0.05) is 0 Å². The van der Waals surface area contributed by atoms with Crippen molar-refractivity contribution in [3.8, 4) is 0 Å². The summed E-state index contributed by atoms with van der Waals surface area (Å²) in [4.78, 5) is 62.9. The third kappa shape index (κ3) is 14.1. The number of nitrogens with one attached hydrogen (secondary N) is 3. The van der Waals surface area contributed by atoms with E-state index in [0.29, 0.717) is 44.4 Å². The van der Waals surface area contributed by atoms with Gasteiger partial charge in [0.05, 0.1) is 24.3 Å². The first-order valence-corrected chi connectivity index (χ1v) is 19.0. The first-order valence-electron chi connectivity index (χ1n) is 17.3. The minimum absolute atomic E-state index is 0.0987. The van der Waals surface area contributed by atoms with Crippen LogP contribution in [0.15, 0.2) is 60.7 Å². The maximum absolute atomic E-state index is 12.9. The number of rotatable bonds is 16. The molecule has 4 rings (SSSR count). The summed E-state index contributed by atoms with van der Waals surface area (Å²) in [6.07, 6.45) is 3.46. The molecule has 5 unspecified atom stereocenters. The fraction of sp³-hybridized carbons (Fsp3) is 0.528. The number of aliphatic carboxylic acids is 1. The van der Waals surface area contributed by atoms with Crippen LogP contribution in [0.3, 0.4) is 0 Å². The second-order valence-corrected chi connectivity index (χ2v) is 14.3. The van der Waals surface area contributed by atoms with Gasteiger partial charge in [-0.15, -0.1) is 11.8 Å². The average Bonchev–Trinajstić information content (AvgIpc) is 3.26. The number of benzene rings is 2. The van der Waals surface area contributed by atoms with Crippen LogP contribution >= 0.6 is 24.4 Å². The maximum Gasteiger partial charge on any atom is 0.326 e. The van der Waals surface area contributed by atoms with Crippen LogP contribution in [-0.4, -0.2) is 104 Å². The van der Waals surface area contributed by atoms with Crippen molar-refractivity contribution < 1.29 is 39.3 Å². The van der Waals surface area contributed by atoms with Crippen molar-refractivity contribution >= 4 is 54.0 Å². The number of aliphatic hydroxyl groups excluding tert-OH is 1. The number of nitrogens with two attached hydrogens (primary N) is 1. The Morgan fingerprint density at radius 2 is 1.51 bits per heavy atom. The van der Waals surface area contributed by atoms with E-state index in [0.717, 1.165) is 36.1 Å². The van der Waals surface area contributed by atoms with Crippen LogP contribution in [0.2, 0.25) is 0 Å². The number of piperidine rings is 1. The molecule has 280 valence electrons. The molecule has 2 aliphatic heterocycles. The molecule has 2 saturated heterocycles. The summed E-state index contributed by atoms with van der Waals surface area (Å²) in [6, 6.07) is 15.6. The number of unbranched alkanes of at least 4 members (excludes halogenated alkanes) is 1. The summed E-state index contributed by atoms with van der Waals surface area (Å²) in [5.41, 5.74) is 7.16. The van der Waals surface area contributed by atoms with Crippen molar-refractivity contribution in [3.63, 3.8) is 0 Å². The van der Waals surface area contributed by atoms with Crippen molar-refractivity contribution in [2.24, 2.45) is 5.73 Å². The molecule has 5 atom stereocenters. The molecule has 2 aromatic rings. The first-order chi connectivity index (χ1) is 24.5. The van der Waals surface area contributed by atoms with Crippen LogP contribution in [0, 0.1) is 0 Å². The van der Waals surface area contributed by atoms with E-state index >= 15 is 0 Å². The highest BCUT2D eigenvalue weighted by Gasteiger charge is 2.43. The van der Waals surface area contributed by atoms with Crippen molar-refractivity contribution in [1.82, 2.24) is 20.9 Å². The summed E-state index contributed by atoms with van der Waals surface area (Å²) in [6.45, 7) is 0.500. The predicted molar refractivity (Wildman–Crippen MR) is 199 cm³/mol. The molecule has 2 heterocycles. The lowest BCUT2D eigenvalue weighted by molar-refractivity contribution is -0.154. The zero-order chi connectivity index (χ0) is 37.2. The molecule has 51 heavy (non-hydrogen) atoms. The van der Waals surface area contributed by atoms with Crippen molar-refractivity contribution in [1.29, 1.82) is 0 Å². The van der Waals surface area contributed by atoms with Crippen LogP contribution in [0.1, 0.15) is 62.5 Å². The molecule has 4 amide bonds. The number of thioether (sulfide) groups is 1. The Bertz CT molecular complexity index is 1400. The molecule has 15 heteroatoms. The van der Waals surface area contributed by atoms with Crippen LogP contribution in [-0.2, 0) is 36.8 Å². The molecule has 8 N–H and O–H groups in total. The molecule has 0 aromatic heterocycles. The molecule has 0 aliphatic carbocycles. The Hall–Kier alpha value is -3.63. The lowest BCUT2D eigenvalue weighted by Gasteiger charge is -2.39. The van der Waals surface area contributed by atoms with Gasteiger partial charge < -0.3 is 41.9 Å². The molecule has 2 fully saturated rings. The Morgan fingerprint density at radius 3 is 2.08 bits per heavy atom. The summed E-state index contributed by atoms with van der Waals surface area (Å²) in [7, 11) is 0. The summed E-state index contributed by atoms with van der Waals surface area (Å²) in [5, 5.41) is 36.4. The highest BCUT2D eigenvalue weighted by atomic mass is 32.2. The van der Waals surface area contributed by atoms with Gasteiger partial charge in [-0.1, -0.05) is 60.7 Å². The number of carboxylic acids is 1. The van der Waals surface area contributed by atoms with Crippen LogP contribution in [0.25, 0.3) is 0 Å². The van der Waals surface area contributed by atoms with E-state index in [-0.39, 0.29) is 35.9 Å². The standard InChI is InChI=1S/C18H29N3O4S.C18H22N2O4S/c19-10-5-4-8-15(18(24)25)21-17(23)14(9-11-26)20-16(22)12-13-6-2-1-3-7-13;21-15(11-12-5-2-1-3-6-12)19-13-9-10-25-16-8-4-7-14(18(23)24)20(16)17(13)22/h1-3,6-7,14-15,18,24-26H,4-5,8-12,19H2,(H,20,22)(H,21,23);1-3,5-6,13-14,16H,4,7-11H2,(H,19,21)(H,23,24). The number of fused-ring (bicyclic) bond motifs is 1. The monoisotopic (exact) mass is 745 g/mol. The number of nitrogens with zero attached hydrogens (tertiary/aromatic N) is 1. The zero-order valence-corrected chi connectivity index (χ0v) is 30.4. The molecule has 0 radical (unpaired) electrons. The van der Waals surface area contributed by atoms with Gasteiger partial charge >= 0.3 is 5.97 Å².